The topological polar surface area (TPSA) is 0 Å². The highest BCUT2D eigenvalue weighted by molar-refractivity contribution is 6.90. The Morgan fingerprint density at radius 3 is 1.16 bits per heavy atom. The van der Waals surface area contributed by atoms with E-state index in [1.807, 2.05) is 0 Å². The summed E-state index contributed by atoms with van der Waals surface area (Å²) >= 11 is 0. The summed E-state index contributed by atoms with van der Waals surface area (Å²) in [5, 5.41) is 0. The third kappa shape index (κ3) is 5.43. The van der Waals surface area contributed by atoms with Crippen molar-refractivity contribution in [2.24, 2.45) is 0 Å². The molecule has 1 heteroatoms. The summed E-state index contributed by atoms with van der Waals surface area (Å²) in [5.74, 6) is 8.46. The monoisotopic (exact) mass is 578 g/mol. The van der Waals surface area contributed by atoms with E-state index in [4.69, 9.17) is 0 Å². The molecule has 4 aliphatic rings. The second-order valence-corrected chi connectivity index (χ2v) is 19.5. The van der Waals surface area contributed by atoms with Crippen molar-refractivity contribution in [1.82, 2.24) is 0 Å². The molecule has 10 radical (unpaired) electrons. The van der Waals surface area contributed by atoms with Gasteiger partial charge in [0, 0.05) is 23.7 Å². The zero-order valence-corrected chi connectivity index (χ0v) is 28.7. The van der Waals surface area contributed by atoms with Crippen LogP contribution in [-0.2, 0) is 10.8 Å². The van der Waals surface area contributed by atoms with Gasteiger partial charge in [-0.05, 0) is 80.0 Å². The van der Waals surface area contributed by atoms with Crippen molar-refractivity contribution in [2.75, 3.05) is 0 Å². The molecule has 0 spiro atoms. The van der Waals surface area contributed by atoms with Crippen LogP contribution in [0.2, 0.25) is 13.1 Å². The van der Waals surface area contributed by atoms with E-state index < -0.39 is 8.07 Å². The van der Waals surface area contributed by atoms with Gasteiger partial charge in [0.05, 0.1) is 8.07 Å². The van der Waals surface area contributed by atoms with Crippen molar-refractivity contribution >= 4 is 19.2 Å². The van der Waals surface area contributed by atoms with Crippen molar-refractivity contribution in [3.63, 3.8) is 0 Å². The number of hydrogen-bond donors (Lipinski definition) is 0. The molecule has 6 rings (SSSR count). The van der Waals surface area contributed by atoms with Crippen molar-refractivity contribution in [1.29, 1.82) is 0 Å². The Morgan fingerprint density at radius 1 is 0.488 bits per heavy atom. The molecule has 2 fully saturated rings. The molecule has 0 amide bonds. The molecule has 0 bridgehead atoms. The third-order valence-electron chi connectivity index (χ3n) is 9.64. The number of hydrogen-bond acceptors (Lipinski definition) is 0. The van der Waals surface area contributed by atoms with Gasteiger partial charge in [-0.2, -0.15) is 0 Å². The summed E-state index contributed by atoms with van der Waals surface area (Å²) in [6, 6.07) is 18.5. The maximum Gasteiger partial charge on any atom is 0.0642 e. The van der Waals surface area contributed by atoms with Crippen LogP contribution in [0.15, 0.2) is 85.0 Å². The van der Waals surface area contributed by atoms with Gasteiger partial charge < -0.3 is 0 Å². The molecule has 4 aliphatic carbocycles. The van der Waals surface area contributed by atoms with Crippen LogP contribution in [0.4, 0.5) is 0 Å². The van der Waals surface area contributed by atoms with E-state index in [0.717, 1.165) is 0 Å². The highest BCUT2D eigenvalue weighted by Crippen LogP contribution is 2.64. The minimum Gasteiger partial charge on any atom is -0.0761 e. The Morgan fingerprint density at radius 2 is 0.837 bits per heavy atom. The fraction of sp³-hybridized carbons (Fsp3) is 0.286. The van der Waals surface area contributed by atoms with Crippen molar-refractivity contribution in [3.05, 3.63) is 167 Å². The molecule has 43 heavy (non-hydrogen) atoms. The standard InChI is InChI=1S/C42H46Si/c1-27-25-37-33(29-17-21-31(22-18-29)41(3,4)5)13-11-15-35(37)39(27)43(9,10)40-28(2)26-38-34(14-12-16-36(38)40)30-19-23-32(24-20-30)42(6,7)8/h11-26H,1-10H3. The predicted octanol–water partition coefficient (Wildman–Crippen LogP) is 10.7. The average molecular weight is 579 g/mol. The van der Waals surface area contributed by atoms with Gasteiger partial charge in [0.2, 0.25) is 0 Å². The zero-order valence-electron chi connectivity index (χ0n) is 27.7. The first kappa shape index (κ1) is 30.6. The summed E-state index contributed by atoms with van der Waals surface area (Å²) in [5.41, 5.74) is 11.5. The van der Waals surface area contributed by atoms with Gasteiger partial charge in [-0.25, -0.2) is 0 Å². The van der Waals surface area contributed by atoms with E-state index in [0.29, 0.717) is 0 Å². The van der Waals surface area contributed by atoms with Crippen molar-refractivity contribution in [2.45, 2.75) is 79.3 Å². The lowest BCUT2D eigenvalue weighted by atomic mass is 9.80. The fourth-order valence-corrected chi connectivity index (χ4v) is 11.6. The maximum atomic E-state index is 2.56. The highest BCUT2D eigenvalue weighted by Gasteiger charge is 2.59. The molecule has 0 unspecified atom stereocenters. The summed E-state index contributed by atoms with van der Waals surface area (Å²) in [6.07, 6.45) is 18.8. The Bertz CT molecular complexity index is 1340. The normalized spacial score (nSPS) is 22.3. The van der Waals surface area contributed by atoms with Crippen LogP contribution in [0.5, 0.6) is 0 Å². The van der Waals surface area contributed by atoms with Crippen LogP contribution in [0.25, 0.3) is 11.1 Å². The van der Waals surface area contributed by atoms with Gasteiger partial charge in [0.25, 0.3) is 0 Å². The van der Waals surface area contributed by atoms with E-state index >= 15 is 0 Å². The minimum absolute atomic E-state index is 0.153. The van der Waals surface area contributed by atoms with Gasteiger partial charge in [-0.15, -0.1) is 0 Å². The number of benzene rings is 2. The van der Waals surface area contributed by atoms with Crippen molar-refractivity contribution in [3.8, 4) is 0 Å². The van der Waals surface area contributed by atoms with Gasteiger partial charge in [-0.1, -0.05) is 153 Å². The lowest BCUT2D eigenvalue weighted by Gasteiger charge is -2.44. The summed E-state index contributed by atoms with van der Waals surface area (Å²) in [6.45, 7) is 23.5. The van der Waals surface area contributed by atoms with E-state index in [-0.39, 0.29) is 10.8 Å². The largest absolute Gasteiger partial charge is 0.0761 e. The molecular weight excluding hydrogens is 533 g/mol. The maximum absolute atomic E-state index is 2.56. The molecule has 0 atom stereocenters. The lowest BCUT2D eigenvalue weighted by molar-refractivity contribution is 0.590. The lowest BCUT2D eigenvalue weighted by Crippen LogP contribution is -2.48. The SMILES string of the molecule is C[C]1[CH][C]2[C](C=CC=C2c2ccc(C(C)(C)C)cc2)[C]1[Si](C)(C)[C]1[C](C)[CH][C]2[C]1C=CC=C2c1ccc(C(C)(C)C)cc1. The van der Waals surface area contributed by atoms with Gasteiger partial charge in [-0.3, -0.25) is 0 Å². The first-order valence-corrected chi connectivity index (χ1v) is 18.8. The summed E-state index contributed by atoms with van der Waals surface area (Å²) in [7, 11) is -2.08. The first-order chi connectivity index (χ1) is 20.2. The number of allylic oxidation sites excluding steroid dienone is 8. The Balaban J connectivity index is 1.26. The van der Waals surface area contributed by atoms with Crippen LogP contribution in [0, 0.1) is 59.4 Å². The predicted molar refractivity (Wildman–Crippen MR) is 188 cm³/mol. The van der Waals surface area contributed by atoms with Gasteiger partial charge in [0.15, 0.2) is 0 Å². The quantitative estimate of drug-likeness (QED) is 0.317. The van der Waals surface area contributed by atoms with E-state index in [9.17, 15) is 0 Å². The highest BCUT2D eigenvalue weighted by atomic mass is 28.3. The molecule has 0 heterocycles. The van der Waals surface area contributed by atoms with Crippen LogP contribution < -0.4 is 0 Å². The summed E-state index contributed by atoms with van der Waals surface area (Å²) < 4.78 is 0. The molecular formula is C42H46Si. The fourth-order valence-electron chi connectivity index (χ4n) is 7.47. The second-order valence-electron chi connectivity index (χ2n) is 15.2. The number of rotatable bonds is 4. The Labute approximate surface area is 264 Å². The Kier molecular flexibility index (Phi) is 7.77. The molecule has 218 valence electrons. The molecule has 0 aromatic heterocycles. The van der Waals surface area contributed by atoms with Gasteiger partial charge in [0.1, 0.15) is 0 Å². The molecule has 0 N–H and O–H groups in total. The van der Waals surface area contributed by atoms with Crippen LogP contribution in [0.3, 0.4) is 0 Å². The molecule has 0 saturated heterocycles. The molecule has 2 saturated carbocycles. The van der Waals surface area contributed by atoms with E-state index in [2.05, 4.69) is 166 Å². The molecule has 2 aromatic carbocycles. The second kappa shape index (κ2) is 10.9. The molecule has 0 aliphatic heterocycles. The van der Waals surface area contributed by atoms with E-state index in [1.165, 1.54) is 68.9 Å². The number of fused-ring (bicyclic) bond motifs is 2. The Hall–Kier alpha value is -2.38. The first-order valence-electron chi connectivity index (χ1n) is 15.8. The minimum atomic E-state index is -2.08. The molecule has 0 nitrogen and oxygen atoms in total. The summed E-state index contributed by atoms with van der Waals surface area (Å²) in [4.78, 5) is 0. The third-order valence-corrected chi connectivity index (χ3v) is 13.5. The molecule has 2 aromatic rings. The average Bonchev–Trinajstić information content (AvgIpc) is 3.48. The smallest absolute Gasteiger partial charge is 0.0642 e. The van der Waals surface area contributed by atoms with Crippen LogP contribution in [0.1, 0.15) is 77.6 Å². The zero-order chi connectivity index (χ0) is 30.9. The van der Waals surface area contributed by atoms with E-state index in [1.54, 1.807) is 11.1 Å². The van der Waals surface area contributed by atoms with Gasteiger partial charge >= 0.3 is 0 Å². The van der Waals surface area contributed by atoms with Crippen LogP contribution >= 0.6 is 0 Å². The van der Waals surface area contributed by atoms with Crippen LogP contribution in [-0.4, -0.2) is 8.07 Å². The van der Waals surface area contributed by atoms with Crippen molar-refractivity contribution < 1.29 is 0 Å².